The molecule has 2 fully saturated rings. The molecule has 0 aliphatic carbocycles. The molecule has 1 spiro atoms. The summed E-state index contributed by atoms with van der Waals surface area (Å²) in [6, 6.07) is 0. The average Bonchev–Trinajstić information content (AvgIpc) is 4.12. The normalized spacial score (nSPS) is 40.8. The van der Waals surface area contributed by atoms with Crippen molar-refractivity contribution >= 4 is 17.9 Å². The maximum Gasteiger partial charge on any atom is 0.334 e. The number of carbonyl (C=O) groups is 3. The highest BCUT2D eigenvalue weighted by atomic mass is 16.7. The van der Waals surface area contributed by atoms with Gasteiger partial charge in [0.25, 0.3) is 0 Å². The van der Waals surface area contributed by atoms with Gasteiger partial charge in [-0.25, -0.2) is 14.4 Å². The third kappa shape index (κ3) is 17.6. The number of ether oxygens (including phenoxy) is 8. The molecule has 0 radical (unpaired) electrons. The lowest BCUT2D eigenvalue weighted by atomic mass is 9.83. The third-order valence-electron chi connectivity index (χ3n) is 14.8. The van der Waals surface area contributed by atoms with Crippen molar-refractivity contribution in [2.75, 3.05) is 21.3 Å². The predicted octanol–water partition coefficient (Wildman–Crippen LogP) is 7.20. The van der Waals surface area contributed by atoms with Gasteiger partial charge < -0.3 is 58.3 Å². The van der Waals surface area contributed by atoms with E-state index in [-0.39, 0.29) is 67.8 Å². The van der Waals surface area contributed by atoms with E-state index in [9.17, 15) is 34.8 Å². The Morgan fingerprint density at radius 3 is 2.11 bits per heavy atom. The molecule has 70 heavy (non-hydrogen) atoms. The molecule has 396 valence electrons. The summed E-state index contributed by atoms with van der Waals surface area (Å²) in [5.74, 6) is -6.35. The van der Waals surface area contributed by atoms with Crippen LogP contribution in [0.2, 0.25) is 0 Å². The number of aliphatic hydroxyl groups is 4. The summed E-state index contributed by atoms with van der Waals surface area (Å²) in [6.45, 7) is 14.9. The Balaban J connectivity index is 1.85. The number of esters is 3. The van der Waals surface area contributed by atoms with Gasteiger partial charge in [-0.2, -0.15) is 0 Å². The van der Waals surface area contributed by atoms with Gasteiger partial charge >= 0.3 is 17.9 Å². The zero-order valence-electron chi connectivity index (χ0n) is 43.6. The molecule has 0 saturated carbocycles. The van der Waals surface area contributed by atoms with Crippen LogP contribution in [0.25, 0.3) is 0 Å². The molecular weight excluding hydrogens is 901 g/mol. The van der Waals surface area contributed by atoms with Gasteiger partial charge in [0.2, 0.25) is 5.79 Å². The van der Waals surface area contributed by atoms with Gasteiger partial charge in [0.15, 0.2) is 0 Å². The number of aliphatic hydroxyl groups excluding tert-OH is 4. The lowest BCUT2D eigenvalue weighted by Gasteiger charge is -2.45. The molecule has 4 unspecified atom stereocenters. The molecule has 0 aromatic rings. The molecule has 2 bridgehead atoms. The average molecular weight is 987 g/mol. The predicted molar refractivity (Wildman–Crippen MR) is 265 cm³/mol. The van der Waals surface area contributed by atoms with Crippen LogP contribution in [0, 0.1) is 35.5 Å². The second-order valence-corrected chi connectivity index (χ2v) is 20.4. The summed E-state index contributed by atoms with van der Waals surface area (Å²) < 4.78 is 49.4. The Morgan fingerprint density at radius 2 is 1.43 bits per heavy atom. The molecule has 19 atom stereocenters. The van der Waals surface area contributed by atoms with Gasteiger partial charge in [-0.3, -0.25) is 0 Å². The highest BCUT2D eigenvalue weighted by Gasteiger charge is 2.53. The molecule has 15 nitrogen and oxygen atoms in total. The van der Waals surface area contributed by atoms with E-state index in [0.717, 1.165) is 18.9 Å². The Morgan fingerprint density at radius 1 is 0.757 bits per heavy atom. The number of allylic oxidation sites excluding steroid dienone is 4. The lowest BCUT2D eigenvalue weighted by molar-refractivity contribution is -0.289. The zero-order valence-corrected chi connectivity index (χ0v) is 43.6. The van der Waals surface area contributed by atoms with E-state index in [0.29, 0.717) is 25.2 Å². The van der Waals surface area contributed by atoms with Crippen LogP contribution >= 0.6 is 0 Å². The van der Waals surface area contributed by atoms with Gasteiger partial charge in [-0.05, 0) is 38.5 Å². The van der Waals surface area contributed by atoms with Crippen molar-refractivity contribution in [1.82, 2.24) is 0 Å². The largest absolute Gasteiger partial charge is 0.459 e. The van der Waals surface area contributed by atoms with Crippen LogP contribution in [-0.2, 0) is 52.3 Å². The number of fused-ring (bicyclic) bond motifs is 6. The summed E-state index contributed by atoms with van der Waals surface area (Å²) in [5.41, 5.74) is -0.0959. The van der Waals surface area contributed by atoms with Gasteiger partial charge in [0.1, 0.15) is 18.3 Å². The third-order valence-corrected chi connectivity index (χ3v) is 14.8. The van der Waals surface area contributed by atoms with Crippen molar-refractivity contribution in [2.24, 2.45) is 35.5 Å². The fraction of sp³-hybridized carbons (Fsp3) is 0.727. The van der Waals surface area contributed by atoms with E-state index in [1.165, 1.54) is 27.2 Å². The Kier molecular flexibility index (Phi) is 24.2. The van der Waals surface area contributed by atoms with E-state index in [4.69, 9.17) is 37.9 Å². The summed E-state index contributed by atoms with van der Waals surface area (Å²) in [4.78, 5) is 42.1. The van der Waals surface area contributed by atoms with Crippen LogP contribution in [0.1, 0.15) is 120 Å². The smallest absolute Gasteiger partial charge is 0.334 e. The first-order valence-electron chi connectivity index (χ1n) is 25.6. The molecular formula is C55H86O15. The van der Waals surface area contributed by atoms with Crippen molar-refractivity contribution in [1.29, 1.82) is 0 Å². The Bertz CT molecular complexity index is 1820. The summed E-state index contributed by atoms with van der Waals surface area (Å²) in [7, 11) is 4.66. The highest BCUT2D eigenvalue weighted by molar-refractivity contribution is 5.96. The van der Waals surface area contributed by atoms with Crippen molar-refractivity contribution in [3.63, 3.8) is 0 Å². The van der Waals surface area contributed by atoms with Crippen LogP contribution in [0.4, 0.5) is 0 Å². The first-order chi connectivity index (χ1) is 33.3. The van der Waals surface area contributed by atoms with Gasteiger partial charge in [0.05, 0.1) is 61.4 Å². The Labute approximate surface area is 417 Å². The maximum absolute atomic E-state index is 14.1. The number of rotatable bonds is 9. The molecule has 0 amide bonds. The molecule has 0 aromatic carbocycles. The van der Waals surface area contributed by atoms with E-state index >= 15 is 0 Å². The van der Waals surface area contributed by atoms with Crippen LogP contribution in [0.15, 0.2) is 72.4 Å². The van der Waals surface area contributed by atoms with E-state index in [2.05, 4.69) is 13.8 Å². The van der Waals surface area contributed by atoms with Gasteiger partial charge in [-0.15, -0.1) is 0 Å². The molecule has 0 aromatic heterocycles. The monoisotopic (exact) mass is 987 g/mol. The fourth-order valence-corrected chi connectivity index (χ4v) is 9.78. The lowest BCUT2D eigenvalue weighted by Crippen LogP contribution is -2.52. The second kappa shape index (κ2) is 28.7. The second-order valence-electron chi connectivity index (χ2n) is 20.4. The molecule has 2 saturated heterocycles. The first kappa shape index (κ1) is 59.1. The minimum absolute atomic E-state index is 0.0210. The Hall–Kier alpha value is -3.51. The number of epoxide rings is 1. The topological polar surface area (TPSA) is 209 Å². The van der Waals surface area contributed by atoms with Crippen LogP contribution in [-0.4, -0.2) is 139 Å². The molecule has 15 heteroatoms. The quantitative estimate of drug-likeness (QED) is 0.0780. The molecule has 4 rings (SSSR count). The fourth-order valence-electron chi connectivity index (χ4n) is 9.78. The molecule has 4 aliphatic rings. The van der Waals surface area contributed by atoms with Crippen LogP contribution in [0.5, 0.6) is 0 Å². The van der Waals surface area contributed by atoms with E-state index in [1.807, 2.05) is 45.1 Å². The number of carbonyl (C=O) groups excluding carboxylic acids is 3. The van der Waals surface area contributed by atoms with Crippen molar-refractivity contribution < 1.29 is 72.7 Å². The molecule has 4 N–H and O–H groups in total. The minimum atomic E-state index is -1.70. The number of hydrogen-bond donors (Lipinski definition) is 4. The van der Waals surface area contributed by atoms with Gasteiger partial charge in [-0.1, -0.05) is 110 Å². The summed E-state index contributed by atoms with van der Waals surface area (Å²) in [6.07, 6.45) is 13.3. The van der Waals surface area contributed by atoms with Crippen molar-refractivity contribution in [2.45, 2.75) is 199 Å². The molecule has 4 aliphatic heterocycles. The first-order valence-corrected chi connectivity index (χ1v) is 25.6. The minimum Gasteiger partial charge on any atom is -0.459 e. The maximum atomic E-state index is 14.1. The van der Waals surface area contributed by atoms with E-state index in [1.54, 1.807) is 51.3 Å². The van der Waals surface area contributed by atoms with Gasteiger partial charge in [0, 0.05) is 94.3 Å². The SMILES string of the molecule is CCCC(C)[C@@H]1O[C@H]1C(OC)C(C)[C@H]1CCC[C@]2(C[C@H]3OC(=O)C=C(C)C(=O)O[C@@H](C[C@H](O)[C@@H](C)/C=C/C(OC)C[C@H](O)[C@@H](C)/C=C/C(=O)O2)[C@@H](OC)C/C=C/C=C/C=C/[C@@H](C)[C@@H](O)C[C@H](O)[C@@H]3C)O1. The van der Waals surface area contributed by atoms with Crippen LogP contribution < -0.4 is 0 Å². The number of methoxy groups -OCH3 is 3. The highest BCUT2D eigenvalue weighted by Crippen LogP contribution is 2.44. The number of hydrogen-bond acceptors (Lipinski definition) is 15. The summed E-state index contributed by atoms with van der Waals surface area (Å²) >= 11 is 0. The molecule has 4 heterocycles. The van der Waals surface area contributed by atoms with Crippen molar-refractivity contribution in [3.8, 4) is 0 Å². The van der Waals surface area contributed by atoms with E-state index < -0.39 is 96.4 Å². The van der Waals surface area contributed by atoms with Crippen LogP contribution in [0.3, 0.4) is 0 Å². The summed E-state index contributed by atoms with van der Waals surface area (Å²) in [5, 5.41) is 46.0. The van der Waals surface area contributed by atoms with Crippen molar-refractivity contribution in [3.05, 3.63) is 72.4 Å². The zero-order chi connectivity index (χ0) is 51.7. The standard InChI is InChI=1S/C55H86O15/c1-12-19-36(5)51-53(68-51)52(65-11)39(8)45-22-18-27-55(69-45)32-48-38(7)44(59)30-42(57)33(2)20-16-14-13-15-17-21-46(64-10)47(67-54(62)37(6)28-50(61)66-48)31-43(58)34(3)23-25-40(63-9)29-41(56)35(4)24-26-49(60)70-55/h13-17,20,23-26,28,33-36,38-48,51-53,56-59H,12,18-19,21-22,27,29-32H2,1-11H3/b14-13+,17-15+,20-16+,25-23+,26-24+,37-28?/t33-,34+,35+,36?,38+,39?,40?,41+,42+,43+,44+,45-,46+,47+,48-,51+,52?,53-,55+/m1/s1.